The van der Waals surface area contributed by atoms with E-state index in [2.05, 4.69) is 251 Å². The van der Waals surface area contributed by atoms with Crippen LogP contribution in [0.1, 0.15) is 171 Å². The molecular formula is C130H108N4O4. The number of rotatable bonds is 20. The largest absolute Gasteiger partial charge is 0.452 e. The van der Waals surface area contributed by atoms with E-state index in [1.807, 2.05) is 158 Å². The lowest BCUT2D eigenvalue weighted by atomic mass is 10.00. The van der Waals surface area contributed by atoms with Gasteiger partial charge in [-0.1, -0.05) is 265 Å². The van der Waals surface area contributed by atoms with Crippen molar-refractivity contribution in [3.63, 3.8) is 0 Å². The highest BCUT2D eigenvalue weighted by Crippen LogP contribution is 2.50. The highest BCUT2D eigenvalue weighted by Gasteiger charge is 2.26. The van der Waals surface area contributed by atoms with Gasteiger partial charge in [0.2, 0.25) is 0 Å². The molecule has 8 heteroatoms. The third-order valence-electron chi connectivity index (χ3n) is 26.9. The summed E-state index contributed by atoms with van der Waals surface area (Å²) in [7, 11) is 0. The molecule has 0 aliphatic carbocycles. The van der Waals surface area contributed by atoms with E-state index in [-0.39, 0.29) is 125 Å². The lowest BCUT2D eigenvalue weighted by Gasteiger charge is -2.27. The van der Waals surface area contributed by atoms with Crippen molar-refractivity contribution >= 4 is 199 Å². The zero-order valence-corrected chi connectivity index (χ0v) is 78.9. The zero-order chi connectivity index (χ0) is 106. The van der Waals surface area contributed by atoms with Crippen molar-refractivity contribution in [2.75, 3.05) is 19.6 Å². The molecule has 0 saturated carbocycles. The molecule has 0 bridgehead atoms. The number of hydrogen-bond acceptors (Lipinski definition) is 8. The third-order valence-corrected chi connectivity index (χ3v) is 26.9. The predicted molar refractivity (Wildman–Crippen MR) is 586 cm³/mol. The Morgan fingerprint density at radius 3 is 0.783 bits per heavy atom. The van der Waals surface area contributed by atoms with Gasteiger partial charge in [-0.3, -0.25) is 0 Å². The van der Waals surface area contributed by atoms with Gasteiger partial charge >= 0.3 is 0 Å². The molecule has 0 aliphatic rings. The Balaban J connectivity index is 0.000000170. The first-order valence-corrected chi connectivity index (χ1v) is 47.7. The minimum atomic E-state index is -0.478. The van der Waals surface area contributed by atoms with E-state index in [0.717, 1.165) is 99.8 Å². The van der Waals surface area contributed by atoms with Gasteiger partial charge in [0.05, 0.1) is 19.2 Å². The van der Waals surface area contributed by atoms with Gasteiger partial charge in [-0.25, -0.2) is 0 Å². The lowest BCUT2D eigenvalue weighted by molar-refractivity contribution is 0.634. The number of fused-ring (bicyclic) bond motifs is 18. The molecule has 0 saturated heterocycles. The Morgan fingerprint density at radius 2 is 0.457 bits per heavy atom. The van der Waals surface area contributed by atoms with Crippen LogP contribution in [0.25, 0.3) is 153 Å². The Kier molecular flexibility index (Phi) is 18.2. The van der Waals surface area contributed by atoms with Gasteiger partial charge in [0.25, 0.3) is 0 Å². The Morgan fingerprint density at radius 1 is 0.174 bits per heavy atom. The first-order valence-electron chi connectivity index (χ1n) is 54.7. The first-order chi connectivity index (χ1) is 73.2. The molecule has 0 aliphatic heterocycles. The standard InChI is InChI=1S/C68H52N2O2.C62H56N2O2/c1-43(2)49-17-11-19-57(35-49)69(55-27-21-47(22-28-55)45-13-7-5-8-14-45)59-31-25-51-39-63-61-33-34-62-64-40-52-26-32-60(38-54(52)42-66(64)72-68(62)67(61)71-65(63)41-53(51)37-59)70(58-20-12-18-50(36-58)44(3)4)56-29-23-48(24-30-56)46-15-9-6-10-16-46;1-37(2)41-15-21-49(22-16-41)63(51-13-9-11-43(29-51)39(5)6)53-25-19-45-33-57-55-27-28-56-58-34-46-20-26-54(32-48(46)36-60(58)66-62(56)61(55)65-59(57)35-47(45)31-53)64(50-23-17-42(18-24-50)38(3)4)52-14-10-12-44(30-52)40(7)8/h5-44H,1-4H3;9-40H,1-8H3/i25D,26D,31D,32D,33D,34D,37D,38D,39D,40D,41D,42D;27D,28D. The van der Waals surface area contributed by atoms with Crippen molar-refractivity contribution in [3.8, 4) is 22.3 Å². The van der Waals surface area contributed by atoms with E-state index in [0.29, 0.717) is 79.5 Å². The molecule has 0 amide bonds. The molecular weight excluding hydrogens is 1680 g/mol. The third kappa shape index (κ3) is 15.9. The number of benzene rings is 20. The monoisotopic (exact) mass is 1800 g/mol. The summed E-state index contributed by atoms with van der Waals surface area (Å²) in [5.41, 5.74) is 21.2. The molecule has 0 spiro atoms. The van der Waals surface area contributed by atoms with Crippen molar-refractivity contribution < 1.29 is 36.9 Å². The van der Waals surface area contributed by atoms with Crippen LogP contribution in [-0.2, 0) is 0 Å². The predicted octanol–water partition coefficient (Wildman–Crippen LogP) is 39.5. The van der Waals surface area contributed by atoms with E-state index >= 15 is 0 Å². The molecule has 0 unspecified atom stereocenters. The van der Waals surface area contributed by atoms with E-state index < -0.39 is 48.3 Å². The van der Waals surface area contributed by atoms with Gasteiger partial charge in [0, 0.05) is 111 Å². The van der Waals surface area contributed by atoms with Crippen LogP contribution in [0.5, 0.6) is 0 Å². The summed E-state index contributed by atoms with van der Waals surface area (Å²) in [6.45, 7) is 26.1. The summed E-state index contributed by atoms with van der Waals surface area (Å²) in [5, 5.41) is 5.69. The van der Waals surface area contributed by atoms with Crippen molar-refractivity contribution in [2.24, 2.45) is 0 Å². The smallest absolute Gasteiger partial charge is 0.178 e. The molecule has 0 N–H and O–H groups in total. The fourth-order valence-electron chi connectivity index (χ4n) is 19.1. The van der Waals surface area contributed by atoms with Crippen LogP contribution < -0.4 is 19.6 Å². The SMILES string of the molecule is [2H]c1c(N(c2ccc(-c3ccccc3)cc2)c2cccc(C(C)C)c2)c([2H])c2c([2H])c3oc4c5oc6c([2H])c7c([2H])c(N(c8ccc(-c9ccccc9)cc8)c8cccc(C(C)C)c8)c([2H])c([2H])c7c([2H])c6c5c([2H])c([2H])c4c3c([2H])c2c1[2H].[2H]c1c([2H])c2c3cc4ccc(N(c5ccc(C(C)C)cc5)c5cccc(C(C)C)c5)cc4cc3oc2c2oc3cc4cc(N(c5ccc(C(C)C)cc5)c5cccc(C(C)C)c5)ccc4cc3c12. The second-order valence-corrected chi connectivity index (χ2v) is 38.0. The van der Waals surface area contributed by atoms with Crippen molar-refractivity contribution in [2.45, 2.75) is 119 Å². The first kappa shape index (κ1) is 71.4. The fourth-order valence-corrected chi connectivity index (χ4v) is 19.1. The maximum absolute atomic E-state index is 9.96. The average molecular weight is 1800 g/mol. The molecule has 24 aromatic rings. The molecule has 24 rings (SSSR count). The molecule has 4 aromatic heterocycles. The number of nitrogens with zero attached hydrogens (tertiary/aromatic N) is 4. The van der Waals surface area contributed by atoms with Crippen LogP contribution in [0.4, 0.5) is 68.2 Å². The van der Waals surface area contributed by atoms with Crippen LogP contribution in [0.15, 0.2) is 418 Å². The van der Waals surface area contributed by atoms with Crippen LogP contribution in [0.3, 0.4) is 0 Å². The molecule has 0 atom stereocenters. The maximum atomic E-state index is 9.96. The Labute approximate surface area is 825 Å². The molecule has 8 nitrogen and oxygen atoms in total. The topological polar surface area (TPSA) is 65.5 Å². The zero-order valence-electron chi connectivity index (χ0n) is 92.9. The summed E-state index contributed by atoms with van der Waals surface area (Å²) < 4.78 is 162. The highest BCUT2D eigenvalue weighted by atomic mass is 16.4. The second kappa shape index (κ2) is 35.3. The lowest BCUT2D eigenvalue weighted by Crippen LogP contribution is -2.10. The van der Waals surface area contributed by atoms with Gasteiger partial charge in [0.15, 0.2) is 22.3 Å². The minimum absolute atomic E-state index is 0.00812. The number of anilines is 12. The summed E-state index contributed by atoms with van der Waals surface area (Å²) in [4.78, 5) is 8.10. The normalized spacial score (nSPS) is 13.4. The van der Waals surface area contributed by atoms with Crippen LogP contribution in [0.2, 0.25) is 0 Å². The number of hydrogen-bond donors (Lipinski definition) is 0. The maximum Gasteiger partial charge on any atom is 0.178 e. The highest BCUT2D eigenvalue weighted by molar-refractivity contribution is 6.24. The molecule has 0 radical (unpaired) electrons. The van der Waals surface area contributed by atoms with Crippen LogP contribution in [0, 0.1) is 0 Å². The van der Waals surface area contributed by atoms with Crippen LogP contribution >= 0.6 is 0 Å². The van der Waals surface area contributed by atoms with Crippen LogP contribution in [-0.4, -0.2) is 0 Å². The van der Waals surface area contributed by atoms with Gasteiger partial charge in [-0.2, -0.15) is 0 Å². The van der Waals surface area contributed by atoms with Crippen molar-refractivity contribution in [1.29, 1.82) is 0 Å². The summed E-state index contributed by atoms with van der Waals surface area (Å²) in [6, 6.07) is 103. The fraction of sp³-hybridized carbons (Fsp3) is 0.138. The quantitative estimate of drug-likeness (QED) is 0.0748. The molecule has 0 fully saturated rings. The molecule has 4 heterocycles. The Hall–Kier alpha value is -16.2. The van der Waals surface area contributed by atoms with Gasteiger partial charge in [-0.05, 0) is 352 Å². The summed E-state index contributed by atoms with van der Waals surface area (Å²) >= 11 is 0. The summed E-state index contributed by atoms with van der Waals surface area (Å²) in [5.74, 6) is 1.90. The molecule has 672 valence electrons. The van der Waals surface area contributed by atoms with Gasteiger partial charge in [-0.15, -0.1) is 0 Å². The number of furan rings is 4. The second-order valence-electron chi connectivity index (χ2n) is 38.0. The van der Waals surface area contributed by atoms with Crippen molar-refractivity contribution in [1.82, 2.24) is 0 Å². The van der Waals surface area contributed by atoms with E-state index in [1.165, 1.54) is 22.3 Å². The van der Waals surface area contributed by atoms with E-state index in [1.54, 1.807) is 9.80 Å². The molecule has 138 heavy (non-hydrogen) atoms. The van der Waals surface area contributed by atoms with E-state index in [4.69, 9.17) is 17.7 Å². The minimum Gasteiger partial charge on any atom is -0.452 e. The summed E-state index contributed by atoms with van der Waals surface area (Å²) in [6.07, 6.45) is 0. The van der Waals surface area contributed by atoms with Crippen molar-refractivity contribution in [3.05, 3.63) is 433 Å². The van der Waals surface area contributed by atoms with Gasteiger partial charge in [0.1, 0.15) is 22.3 Å². The van der Waals surface area contributed by atoms with E-state index in [9.17, 15) is 19.2 Å². The van der Waals surface area contributed by atoms with Gasteiger partial charge < -0.3 is 37.3 Å². The average Bonchev–Trinajstić information content (AvgIpc) is 1.51. The molecule has 20 aromatic carbocycles. The Bertz CT molecular complexity index is 9150.